The second kappa shape index (κ2) is 8.82. The van der Waals surface area contributed by atoms with Crippen LogP contribution in [0.5, 0.6) is 0 Å². The molecule has 1 saturated heterocycles. The molecule has 4 nitrogen and oxygen atoms in total. The monoisotopic (exact) mass is 410 g/mol. The maximum absolute atomic E-state index is 13.0. The second-order valence-corrected chi connectivity index (χ2v) is 8.76. The summed E-state index contributed by atoms with van der Waals surface area (Å²) in [7, 11) is 0. The number of likely N-dealkylation sites (tertiary alicyclic amines) is 1. The van der Waals surface area contributed by atoms with E-state index >= 15 is 0 Å². The summed E-state index contributed by atoms with van der Waals surface area (Å²) in [5.41, 5.74) is 0.892. The van der Waals surface area contributed by atoms with Crippen LogP contribution in [0.4, 0.5) is 0 Å². The van der Waals surface area contributed by atoms with Crippen molar-refractivity contribution in [3.05, 3.63) is 80.2 Å². The molecule has 1 aromatic carbocycles. The molecule has 0 aliphatic carbocycles. The van der Waals surface area contributed by atoms with Gasteiger partial charge in [0, 0.05) is 17.0 Å². The van der Waals surface area contributed by atoms with Crippen molar-refractivity contribution >= 4 is 34.4 Å². The number of ketones is 1. The topological polar surface area (TPSA) is 49.4 Å². The molecular weight excluding hydrogens is 388 g/mol. The van der Waals surface area contributed by atoms with Gasteiger partial charge in [0.25, 0.3) is 5.91 Å². The molecule has 0 spiro atoms. The first-order valence-corrected chi connectivity index (χ1v) is 11.2. The Labute approximate surface area is 172 Å². The SMILES string of the molecule is O=C(NCC(c1cccs1)N1CCCC1)c1ccccc1C(=O)c1cccs1. The van der Waals surface area contributed by atoms with Crippen LogP contribution in [0.25, 0.3) is 0 Å². The van der Waals surface area contributed by atoms with Crippen LogP contribution in [0.2, 0.25) is 0 Å². The molecule has 6 heteroatoms. The fourth-order valence-corrected chi connectivity index (χ4v) is 5.19. The zero-order valence-corrected chi connectivity index (χ0v) is 17.1. The van der Waals surface area contributed by atoms with Crippen molar-refractivity contribution in [2.75, 3.05) is 19.6 Å². The van der Waals surface area contributed by atoms with Gasteiger partial charge in [-0.3, -0.25) is 14.5 Å². The largest absolute Gasteiger partial charge is 0.350 e. The Kier molecular flexibility index (Phi) is 6.00. The van der Waals surface area contributed by atoms with Crippen LogP contribution in [-0.2, 0) is 0 Å². The molecule has 1 N–H and O–H groups in total. The highest BCUT2D eigenvalue weighted by Crippen LogP contribution is 2.28. The number of rotatable bonds is 7. The fourth-order valence-electron chi connectivity index (χ4n) is 3.65. The zero-order valence-electron chi connectivity index (χ0n) is 15.5. The van der Waals surface area contributed by atoms with Gasteiger partial charge in [0.1, 0.15) is 0 Å². The molecule has 0 radical (unpaired) electrons. The Morgan fingerprint density at radius 2 is 1.64 bits per heavy atom. The van der Waals surface area contributed by atoms with Crippen LogP contribution in [0.15, 0.2) is 59.3 Å². The van der Waals surface area contributed by atoms with Crippen LogP contribution in [-0.4, -0.2) is 36.2 Å². The number of nitrogens with one attached hydrogen (secondary N) is 1. The fraction of sp³-hybridized carbons (Fsp3) is 0.273. The number of nitrogens with zero attached hydrogens (tertiary/aromatic N) is 1. The predicted octanol–water partition coefficient (Wildman–Crippen LogP) is 4.61. The van der Waals surface area contributed by atoms with Gasteiger partial charge in [0.2, 0.25) is 5.78 Å². The Morgan fingerprint density at radius 3 is 2.32 bits per heavy atom. The molecule has 0 saturated carbocycles. The highest BCUT2D eigenvalue weighted by molar-refractivity contribution is 7.12. The molecule has 3 heterocycles. The molecule has 144 valence electrons. The van der Waals surface area contributed by atoms with E-state index in [1.54, 1.807) is 41.7 Å². The first kappa shape index (κ1) is 19.1. The smallest absolute Gasteiger partial charge is 0.252 e. The van der Waals surface area contributed by atoms with Crippen molar-refractivity contribution < 1.29 is 9.59 Å². The van der Waals surface area contributed by atoms with E-state index in [0.717, 1.165) is 13.1 Å². The Balaban J connectivity index is 1.51. The van der Waals surface area contributed by atoms with Gasteiger partial charge < -0.3 is 5.32 Å². The number of amides is 1. The van der Waals surface area contributed by atoms with Crippen molar-refractivity contribution in [1.29, 1.82) is 0 Å². The normalized spacial score (nSPS) is 15.4. The molecule has 1 aliphatic heterocycles. The van der Waals surface area contributed by atoms with Crippen molar-refractivity contribution in [2.45, 2.75) is 18.9 Å². The quantitative estimate of drug-likeness (QED) is 0.579. The van der Waals surface area contributed by atoms with Gasteiger partial charge in [-0.15, -0.1) is 22.7 Å². The third kappa shape index (κ3) is 4.09. The average molecular weight is 411 g/mol. The highest BCUT2D eigenvalue weighted by Gasteiger charge is 2.25. The van der Waals surface area contributed by atoms with E-state index < -0.39 is 0 Å². The lowest BCUT2D eigenvalue weighted by Crippen LogP contribution is -2.36. The van der Waals surface area contributed by atoms with Crippen LogP contribution in [0, 0.1) is 0 Å². The molecule has 3 aromatic rings. The third-order valence-corrected chi connectivity index (χ3v) is 6.91. The maximum Gasteiger partial charge on any atom is 0.252 e. The first-order chi connectivity index (χ1) is 13.7. The number of carbonyl (C=O) groups excluding carboxylic acids is 2. The Bertz CT molecular complexity index is 929. The summed E-state index contributed by atoms with van der Waals surface area (Å²) in [6.45, 7) is 2.67. The summed E-state index contributed by atoms with van der Waals surface area (Å²) in [6, 6.07) is 15.1. The van der Waals surface area contributed by atoms with Crippen molar-refractivity contribution in [3.8, 4) is 0 Å². The zero-order chi connectivity index (χ0) is 19.3. The minimum absolute atomic E-state index is 0.102. The van der Waals surface area contributed by atoms with E-state index in [-0.39, 0.29) is 17.7 Å². The molecule has 28 heavy (non-hydrogen) atoms. The molecule has 0 bridgehead atoms. The van der Waals surface area contributed by atoms with Crippen LogP contribution in [0.1, 0.15) is 49.4 Å². The molecule has 4 rings (SSSR count). The van der Waals surface area contributed by atoms with E-state index in [4.69, 9.17) is 0 Å². The minimum atomic E-state index is -0.193. The molecule has 1 unspecified atom stereocenters. The molecular formula is C22H22N2O2S2. The number of carbonyl (C=O) groups is 2. The summed E-state index contributed by atoms with van der Waals surface area (Å²) in [6.07, 6.45) is 2.40. The van der Waals surface area contributed by atoms with E-state index in [1.807, 2.05) is 11.4 Å². The summed E-state index contributed by atoms with van der Waals surface area (Å²) < 4.78 is 0. The second-order valence-electron chi connectivity index (χ2n) is 6.84. The number of hydrogen-bond acceptors (Lipinski definition) is 5. The Morgan fingerprint density at radius 1 is 0.929 bits per heavy atom. The molecule has 2 aromatic heterocycles. The molecule has 1 fully saturated rings. The van der Waals surface area contributed by atoms with E-state index in [2.05, 4.69) is 27.7 Å². The molecule has 1 amide bonds. The van der Waals surface area contributed by atoms with Gasteiger partial charge in [-0.1, -0.05) is 30.3 Å². The lowest BCUT2D eigenvalue weighted by molar-refractivity contribution is 0.0928. The third-order valence-electron chi connectivity index (χ3n) is 5.07. The van der Waals surface area contributed by atoms with Gasteiger partial charge in [-0.05, 0) is 54.9 Å². The number of hydrogen-bond donors (Lipinski definition) is 1. The van der Waals surface area contributed by atoms with Gasteiger partial charge >= 0.3 is 0 Å². The predicted molar refractivity (Wildman–Crippen MR) is 114 cm³/mol. The van der Waals surface area contributed by atoms with Gasteiger partial charge in [0.05, 0.1) is 16.5 Å². The molecule has 1 atom stereocenters. The maximum atomic E-state index is 13.0. The lowest BCUT2D eigenvalue weighted by Gasteiger charge is -2.27. The average Bonchev–Trinajstić information content (AvgIpc) is 3.51. The van der Waals surface area contributed by atoms with Gasteiger partial charge in [0.15, 0.2) is 0 Å². The summed E-state index contributed by atoms with van der Waals surface area (Å²) in [4.78, 5) is 30.1. The number of benzene rings is 1. The lowest BCUT2D eigenvalue weighted by atomic mass is 10.0. The van der Waals surface area contributed by atoms with Crippen molar-refractivity contribution in [2.24, 2.45) is 0 Å². The van der Waals surface area contributed by atoms with E-state index in [9.17, 15) is 9.59 Å². The van der Waals surface area contributed by atoms with Crippen LogP contribution >= 0.6 is 22.7 Å². The Hall–Kier alpha value is -2.28. The first-order valence-electron chi connectivity index (χ1n) is 9.47. The van der Waals surface area contributed by atoms with Crippen LogP contribution in [0.3, 0.4) is 0 Å². The van der Waals surface area contributed by atoms with E-state index in [1.165, 1.54) is 29.1 Å². The standard InChI is InChI=1S/C22H22N2O2S2/c25-21(20-10-6-14-28-20)16-7-1-2-8-17(16)22(26)23-15-18(19-9-5-13-27-19)24-11-3-4-12-24/h1-2,5-10,13-14,18H,3-4,11-12,15H2,(H,23,26). The van der Waals surface area contributed by atoms with E-state index in [0.29, 0.717) is 22.5 Å². The van der Waals surface area contributed by atoms with Crippen molar-refractivity contribution in [1.82, 2.24) is 10.2 Å². The number of thiophene rings is 2. The molecule has 1 aliphatic rings. The highest BCUT2D eigenvalue weighted by atomic mass is 32.1. The summed E-state index contributed by atoms with van der Waals surface area (Å²) >= 11 is 3.12. The summed E-state index contributed by atoms with van der Waals surface area (Å²) in [5.74, 6) is -0.295. The van der Waals surface area contributed by atoms with Gasteiger partial charge in [-0.25, -0.2) is 0 Å². The van der Waals surface area contributed by atoms with Crippen molar-refractivity contribution in [3.63, 3.8) is 0 Å². The van der Waals surface area contributed by atoms with Gasteiger partial charge in [-0.2, -0.15) is 0 Å². The minimum Gasteiger partial charge on any atom is -0.350 e. The van der Waals surface area contributed by atoms with Crippen LogP contribution < -0.4 is 5.32 Å². The summed E-state index contributed by atoms with van der Waals surface area (Å²) in [5, 5.41) is 7.03.